The van der Waals surface area contributed by atoms with Gasteiger partial charge in [0.25, 0.3) is 0 Å². The van der Waals surface area contributed by atoms with E-state index in [2.05, 4.69) is 0 Å². The van der Waals surface area contributed by atoms with E-state index in [0.29, 0.717) is 19.6 Å². The average Bonchev–Trinajstić information content (AvgIpc) is 2.61. The highest BCUT2D eigenvalue weighted by Crippen LogP contribution is 2.20. The van der Waals surface area contributed by atoms with E-state index in [0.717, 1.165) is 23.3 Å². The number of methoxy groups -OCH3 is 1. The lowest BCUT2D eigenvalue weighted by molar-refractivity contribution is -0.132. The summed E-state index contributed by atoms with van der Waals surface area (Å²) in [5, 5.41) is 0. The van der Waals surface area contributed by atoms with Gasteiger partial charge < -0.3 is 19.0 Å². The van der Waals surface area contributed by atoms with Crippen LogP contribution in [0.2, 0.25) is 0 Å². The van der Waals surface area contributed by atoms with Crippen LogP contribution < -0.4 is 9.47 Å². The van der Waals surface area contributed by atoms with Gasteiger partial charge in [-0.15, -0.1) is 0 Å². The molecule has 0 heterocycles. The smallest absolute Gasteiger partial charge is 0.151 e. The molecule has 0 aliphatic heterocycles. The summed E-state index contributed by atoms with van der Waals surface area (Å²) in [5.41, 5.74) is 0.180. The molecule has 4 nitrogen and oxygen atoms in total. The molecule has 0 bridgehead atoms. The number of rotatable bonds is 9. The fraction of sp³-hybridized carbons (Fsp3) is 0.316. The van der Waals surface area contributed by atoms with Crippen LogP contribution in [0.4, 0.5) is 0 Å². The number of hydrogen-bond acceptors (Lipinski definition) is 4. The van der Waals surface area contributed by atoms with E-state index in [9.17, 15) is 4.79 Å². The normalized spacial score (nSPS) is 13.1. The highest BCUT2D eigenvalue weighted by Gasteiger charge is 2.24. The maximum Gasteiger partial charge on any atom is 0.151 e. The predicted molar refractivity (Wildman–Crippen MR) is 88.8 cm³/mol. The number of aldehydes is 1. The molecule has 2 aromatic rings. The van der Waals surface area contributed by atoms with Crippen molar-refractivity contribution < 1.29 is 19.0 Å². The Morgan fingerprint density at radius 2 is 1.65 bits per heavy atom. The lowest BCUT2D eigenvalue weighted by Crippen LogP contribution is -2.32. The molecule has 0 aliphatic rings. The van der Waals surface area contributed by atoms with Crippen molar-refractivity contribution >= 4 is 6.29 Å². The minimum absolute atomic E-state index is 0.399. The second kappa shape index (κ2) is 8.34. The SMILES string of the molecule is COc1ccc(OCC[C@@](C)(C=O)OCc2ccccc2)cc1. The third-order valence-corrected chi connectivity index (χ3v) is 3.59. The van der Waals surface area contributed by atoms with Gasteiger partial charge in [-0.2, -0.15) is 0 Å². The van der Waals surface area contributed by atoms with Crippen LogP contribution in [0.25, 0.3) is 0 Å². The molecule has 122 valence electrons. The second-order valence-corrected chi connectivity index (χ2v) is 5.48. The van der Waals surface area contributed by atoms with Gasteiger partial charge in [0.2, 0.25) is 0 Å². The molecule has 4 heteroatoms. The van der Waals surface area contributed by atoms with Crippen molar-refractivity contribution in [2.75, 3.05) is 13.7 Å². The minimum atomic E-state index is -0.859. The molecular formula is C19H22O4. The molecule has 0 saturated carbocycles. The maximum atomic E-state index is 11.4. The van der Waals surface area contributed by atoms with Gasteiger partial charge in [0.1, 0.15) is 17.1 Å². The fourth-order valence-electron chi connectivity index (χ4n) is 2.03. The van der Waals surface area contributed by atoms with Crippen LogP contribution in [0, 0.1) is 0 Å². The largest absolute Gasteiger partial charge is 0.497 e. The average molecular weight is 314 g/mol. The first kappa shape index (κ1) is 17.0. The topological polar surface area (TPSA) is 44.8 Å². The summed E-state index contributed by atoms with van der Waals surface area (Å²) in [6.07, 6.45) is 1.32. The van der Waals surface area contributed by atoms with E-state index >= 15 is 0 Å². The predicted octanol–water partition coefficient (Wildman–Crippen LogP) is 3.64. The van der Waals surface area contributed by atoms with Crippen LogP contribution in [0.3, 0.4) is 0 Å². The molecule has 23 heavy (non-hydrogen) atoms. The number of carbonyl (C=O) groups is 1. The second-order valence-electron chi connectivity index (χ2n) is 5.48. The molecule has 0 fully saturated rings. The van der Waals surface area contributed by atoms with Gasteiger partial charge >= 0.3 is 0 Å². The Labute approximate surface area is 137 Å². The summed E-state index contributed by atoms with van der Waals surface area (Å²) < 4.78 is 16.5. The van der Waals surface area contributed by atoms with Gasteiger partial charge in [-0.1, -0.05) is 30.3 Å². The van der Waals surface area contributed by atoms with Crippen LogP contribution in [0.5, 0.6) is 11.5 Å². The monoisotopic (exact) mass is 314 g/mol. The Kier molecular flexibility index (Phi) is 6.18. The van der Waals surface area contributed by atoms with Crippen molar-refractivity contribution in [3.63, 3.8) is 0 Å². The van der Waals surface area contributed by atoms with Crippen LogP contribution in [0.15, 0.2) is 54.6 Å². The molecule has 0 radical (unpaired) electrons. The van der Waals surface area contributed by atoms with Crippen molar-refractivity contribution in [1.82, 2.24) is 0 Å². The zero-order chi connectivity index (χ0) is 16.5. The lowest BCUT2D eigenvalue weighted by Gasteiger charge is -2.24. The lowest BCUT2D eigenvalue weighted by atomic mass is 10.1. The van der Waals surface area contributed by atoms with Crippen molar-refractivity contribution in [3.8, 4) is 11.5 Å². The Morgan fingerprint density at radius 1 is 1.00 bits per heavy atom. The molecule has 0 saturated heterocycles. The number of hydrogen-bond donors (Lipinski definition) is 0. The molecule has 1 atom stereocenters. The molecule has 0 N–H and O–H groups in total. The Hall–Kier alpha value is -2.33. The Balaban J connectivity index is 1.81. The van der Waals surface area contributed by atoms with E-state index < -0.39 is 5.60 Å². The third kappa shape index (κ3) is 5.42. The highest BCUT2D eigenvalue weighted by atomic mass is 16.5. The third-order valence-electron chi connectivity index (χ3n) is 3.59. The fourth-order valence-corrected chi connectivity index (χ4v) is 2.03. The minimum Gasteiger partial charge on any atom is -0.497 e. The quantitative estimate of drug-likeness (QED) is 0.663. The van der Waals surface area contributed by atoms with Gasteiger partial charge in [-0.25, -0.2) is 0 Å². The summed E-state index contributed by atoms with van der Waals surface area (Å²) in [6.45, 7) is 2.58. The van der Waals surface area contributed by atoms with Gasteiger partial charge in [0.15, 0.2) is 6.29 Å². The van der Waals surface area contributed by atoms with Crippen molar-refractivity contribution in [2.45, 2.75) is 25.6 Å². The zero-order valence-corrected chi connectivity index (χ0v) is 13.5. The van der Waals surface area contributed by atoms with E-state index in [4.69, 9.17) is 14.2 Å². The van der Waals surface area contributed by atoms with E-state index in [1.165, 1.54) is 0 Å². The van der Waals surface area contributed by atoms with Gasteiger partial charge in [-0.05, 0) is 36.8 Å². The van der Waals surface area contributed by atoms with Gasteiger partial charge in [0.05, 0.1) is 20.3 Å². The number of benzene rings is 2. The summed E-state index contributed by atoms with van der Waals surface area (Å²) in [7, 11) is 1.62. The van der Waals surface area contributed by atoms with E-state index in [1.54, 1.807) is 14.0 Å². The van der Waals surface area contributed by atoms with E-state index in [-0.39, 0.29) is 0 Å². The molecule has 0 unspecified atom stereocenters. The van der Waals surface area contributed by atoms with Crippen LogP contribution in [-0.2, 0) is 16.1 Å². The number of ether oxygens (including phenoxy) is 3. The van der Waals surface area contributed by atoms with Crippen molar-refractivity contribution in [2.24, 2.45) is 0 Å². The van der Waals surface area contributed by atoms with E-state index in [1.807, 2.05) is 54.6 Å². The molecule has 2 aromatic carbocycles. The van der Waals surface area contributed by atoms with Crippen molar-refractivity contribution in [1.29, 1.82) is 0 Å². The highest BCUT2D eigenvalue weighted by molar-refractivity contribution is 5.61. The summed E-state index contributed by atoms with van der Waals surface area (Å²) in [4.78, 5) is 11.4. The maximum absolute atomic E-state index is 11.4. The summed E-state index contributed by atoms with van der Waals surface area (Å²) >= 11 is 0. The molecule has 0 spiro atoms. The van der Waals surface area contributed by atoms with Gasteiger partial charge in [0, 0.05) is 6.42 Å². The zero-order valence-electron chi connectivity index (χ0n) is 13.5. The molecule has 0 aliphatic carbocycles. The first-order chi connectivity index (χ1) is 11.1. The van der Waals surface area contributed by atoms with Gasteiger partial charge in [-0.3, -0.25) is 0 Å². The summed E-state index contributed by atoms with van der Waals surface area (Å²) in [6, 6.07) is 17.1. The molecular weight excluding hydrogens is 292 g/mol. The van der Waals surface area contributed by atoms with Crippen LogP contribution in [-0.4, -0.2) is 25.6 Å². The standard InChI is InChI=1S/C19H22O4/c1-19(15-20,23-14-16-6-4-3-5-7-16)12-13-22-18-10-8-17(21-2)9-11-18/h3-11,15H,12-14H2,1-2H3/t19-/m0/s1. The number of carbonyl (C=O) groups excluding carboxylic acids is 1. The van der Waals surface area contributed by atoms with Crippen LogP contribution in [0.1, 0.15) is 18.9 Å². The molecule has 0 aromatic heterocycles. The molecule has 0 amide bonds. The van der Waals surface area contributed by atoms with Crippen molar-refractivity contribution in [3.05, 3.63) is 60.2 Å². The first-order valence-corrected chi connectivity index (χ1v) is 7.56. The first-order valence-electron chi connectivity index (χ1n) is 7.56. The Bertz CT molecular complexity index is 595. The summed E-state index contributed by atoms with van der Waals surface area (Å²) in [5.74, 6) is 1.52. The molecule has 2 rings (SSSR count). The van der Waals surface area contributed by atoms with Crippen LogP contribution >= 0.6 is 0 Å². The Morgan fingerprint density at radius 3 is 2.26 bits per heavy atom.